The monoisotopic (exact) mass is 626 g/mol. The van der Waals surface area contributed by atoms with Gasteiger partial charge in [-0.1, -0.05) is 133 Å². The smallest absolute Gasteiger partial charge is 0.136 e. The van der Waals surface area contributed by atoms with Crippen LogP contribution in [0.2, 0.25) is 0 Å². The molecule has 3 aliphatic carbocycles. The van der Waals surface area contributed by atoms with Crippen molar-refractivity contribution in [3.05, 3.63) is 89.6 Å². The molecule has 3 aliphatic rings. The highest BCUT2D eigenvalue weighted by molar-refractivity contribution is 6.03. The van der Waals surface area contributed by atoms with Crippen LogP contribution >= 0.6 is 0 Å². The number of unbranched alkanes of at least 4 members (excludes halogenated alkanes) is 4. The van der Waals surface area contributed by atoms with Crippen LogP contribution in [0.3, 0.4) is 0 Å². The van der Waals surface area contributed by atoms with Crippen LogP contribution in [-0.2, 0) is 0 Å². The number of rotatable bonds is 18. The Morgan fingerprint density at radius 2 is 1.72 bits per heavy atom. The largest absolute Gasteiger partial charge is 0.399 e. The van der Waals surface area contributed by atoms with Gasteiger partial charge >= 0.3 is 0 Å². The lowest BCUT2D eigenvalue weighted by atomic mass is 9.74. The molecule has 6 unspecified atom stereocenters. The second-order valence-electron chi connectivity index (χ2n) is 15.2. The second-order valence-corrected chi connectivity index (χ2v) is 15.2. The first-order valence-electron chi connectivity index (χ1n) is 18.6. The number of alkyl halides is 1. The quantitative estimate of drug-likeness (QED) is 0.0950. The molecule has 46 heavy (non-hydrogen) atoms. The maximum atomic E-state index is 15.6. The lowest BCUT2D eigenvalue weighted by Crippen LogP contribution is -2.24. The van der Waals surface area contributed by atoms with Gasteiger partial charge in [-0.05, 0) is 91.8 Å². The van der Waals surface area contributed by atoms with Gasteiger partial charge < -0.3 is 11.1 Å². The van der Waals surface area contributed by atoms with E-state index in [4.69, 9.17) is 11.1 Å². The third-order valence-electron chi connectivity index (χ3n) is 11.8. The molecule has 252 valence electrons. The summed E-state index contributed by atoms with van der Waals surface area (Å²) in [5.74, 6) is 4.54. The van der Waals surface area contributed by atoms with Crippen molar-refractivity contribution < 1.29 is 4.39 Å². The molecular weight excluding hydrogens is 563 g/mol. The third-order valence-corrected chi connectivity index (χ3v) is 11.8. The first kappa shape index (κ1) is 36.2. The number of benzene rings is 1. The van der Waals surface area contributed by atoms with E-state index in [-0.39, 0.29) is 0 Å². The van der Waals surface area contributed by atoms with Gasteiger partial charge in [0.05, 0.1) is 0 Å². The molecule has 2 fully saturated rings. The molecule has 2 nitrogen and oxygen atoms in total. The molecule has 0 spiro atoms. The van der Waals surface area contributed by atoms with Crippen LogP contribution in [0.4, 0.5) is 4.39 Å². The molecule has 0 saturated heterocycles. The van der Waals surface area contributed by atoms with Crippen molar-refractivity contribution >= 4 is 11.4 Å². The maximum absolute atomic E-state index is 15.6. The fourth-order valence-corrected chi connectivity index (χ4v) is 9.10. The van der Waals surface area contributed by atoms with Crippen molar-refractivity contribution in [3.63, 3.8) is 0 Å². The molecule has 2 saturated carbocycles. The Morgan fingerprint density at radius 1 is 1.00 bits per heavy atom. The Balaban J connectivity index is 1.19. The zero-order chi connectivity index (χ0) is 33.3. The van der Waals surface area contributed by atoms with Gasteiger partial charge in [0, 0.05) is 35.4 Å². The molecule has 3 heteroatoms. The van der Waals surface area contributed by atoms with E-state index in [0.717, 1.165) is 64.7 Å². The van der Waals surface area contributed by atoms with E-state index in [1.54, 1.807) is 6.92 Å². The summed E-state index contributed by atoms with van der Waals surface area (Å²) in [6, 6.07) is 7.62. The Bertz CT molecular complexity index is 1300. The summed E-state index contributed by atoms with van der Waals surface area (Å²) in [6.07, 6.45) is 23.9. The minimum absolute atomic E-state index is 0.319. The molecular formula is C43H63FN2. The Labute approximate surface area is 281 Å². The van der Waals surface area contributed by atoms with Crippen LogP contribution in [0.1, 0.15) is 141 Å². The minimum atomic E-state index is -1.42. The summed E-state index contributed by atoms with van der Waals surface area (Å²) in [6.45, 7) is 19.1. The molecule has 4 rings (SSSR count). The number of nitrogens with one attached hydrogen (secondary N) is 1. The van der Waals surface area contributed by atoms with E-state index >= 15 is 4.39 Å². The molecule has 0 aromatic heterocycles. The summed E-state index contributed by atoms with van der Waals surface area (Å²) in [4.78, 5) is 0. The average Bonchev–Trinajstić information content (AvgIpc) is 3.66. The number of allylic oxidation sites excluding steroid dienone is 6. The molecule has 0 bridgehead atoms. The van der Waals surface area contributed by atoms with Gasteiger partial charge in [-0.15, -0.1) is 0 Å². The van der Waals surface area contributed by atoms with Gasteiger partial charge in [-0.25, -0.2) is 4.39 Å². The maximum Gasteiger partial charge on any atom is 0.136 e. The first-order valence-corrected chi connectivity index (χ1v) is 18.6. The van der Waals surface area contributed by atoms with Gasteiger partial charge in [0.1, 0.15) is 5.67 Å². The van der Waals surface area contributed by atoms with Crippen LogP contribution in [0.5, 0.6) is 0 Å². The molecule has 1 aromatic rings. The van der Waals surface area contributed by atoms with E-state index in [9.17, 15) is 0 Å². The molecule has 0 aliphatic heterocycles. The number of halogens is 1. The fourth-order valence-electron chi connectivity index (χ4n) is 9.10. The van der Waals surface area contributed by atoms with Gasteiger partial charge in [0.2, 0.25) is 0 Å². The van der Waals surface area contributed by atoms with Crippen molar-refractivity contribution in [3.8, 4) is 0 Å². The van der Waals surface area contributed by atoms with E-state index in [1.807, 2.05) is 36.4 Å². The highest BCUT2D eigenvalue weighted by atomic mass is 19.1. The van der Waals surface area contributed by atoms with Crippen molar-refractivity contribution in [1.29, 1.82) is 5.41 Å². The van der Waals surface area contributed by atoms with Gasteiger partial charge in [0.25, 0.3) is 0 Å². The molecule has 1 aromatic carbocycles. The van der Waals surface area contributed by atoms with Gasteiger partial charge in [0.15, 0.2) is 0 Å². The van der Waals surface area contributed by atoms with Crippen LogP contribution in [-0.4, -0.2) is 11.4 Å². The highest BCUT2D eigenvalue weighted by Gasteiger charge is 2.41. The van der Waals surface area contributed by atoms with Gasteiger partial charge in [-0.3, -0.25) is 0 Å². The summed E-state index contributed by atoms with van der Waals surface area (Å²) in [7, 11) is 0. The van der Waals surface area contributed by atoms with Gasteiger partial charge in [-0.2, -0.15) is 0 Å². The minimum Gasteiger partial charge on any atom is -0.399 e. The Hall–Kier alpha value is -2.68. The first-order chi connectivity index (χ1) is 22.0. The lowest BCUT2D eigenvalue weighted by molar-refractivity contribution is 0.177. The topological polar surface area (TPSA) is 49.9 Å². The highest BCUT2D eigenvalue weighted by Crippen LogP contribution is 2.51. The zero-order valence-corrected chi connectivity index (χ0v) is 29.4. The predicted octanol–water partition coefficient (Wildman–Crippen LogP) is 12.5. The van der Waals surface area contributed by atoms with Crippen LogP contribution < -0.4 is 5.73 Å². The Morgan fingerprint density at radius 3 is 2.43 bits per heavy atom. The predicted molar refractivity (Wildman–Crippen MR) is 198 cm³/mol. The zero-order valence-electron chi connectivity index (χ0n) is 29.4. The van der Waals surface area contributed by atoms with E-state index in [2.05, 4.69) is 33.6 Å². The van der Waals surface area contributed by atoms with Crippen LogP contribution in [0.25, 0.3) is 5.70 Å². The summed E-state index contributed by atoms with van der Waals surface area (Å²) < 4.78 is 15.6. The average molecular weight is 627 g/mol. The number of hydrogen-bond acceptors (Lipinski definition) is 2. The molecule has 0 amide bonds. The van der Waals surface area contributed by atoms with Crippen molar-refractivity contribution in [2.75, 3.05) is 0 Å². The summed E-state index contributed by atoms with van der Waals surface area (Å²) >= 11 is 0. The summed E-state index contributed by atoms with van der Waals surface area (Å²) in [5, 5.41) is 8.74. The fraction of sp³-hybridized carbons (Fsp3) is 0.605. The standard InChI is InChI=1S/C43H63FN2/c1-7-33(27-36-25-30(3)26-40(36)38-22-16-19-35(38)8-2)18-13-11-9-10-12-17-31(4)41-28-34(23-24-43(41,6)44)29-42(46)39-21-15-14-20-37(39)32(5)45/h14-15,20-21,23,28,33,35-36,38,40,46H,3-5,7-13,16-19,22,24-27,29,45H2,1-2,6H3. The molecule has 0 heterocycles. The normalized spacial score (nSPS) is 26.9. The molecule has 6 atom stereocenters. The Kier molecular flexibility index (Phi) is 13.3. The number of hydrogen-bond donors (Lipinski definition) is 2. The van der Waals surface area contributed by atoms with Crippen LogP contribution in [0.15, 0.2) is 78.4 Å². The van der Waals surface area contributed by atoms with E-state index in [1.165, 1.54) is 89.0 Å². The van der Waals surface area contributed by atoms with Crippen molar-refractivity contribution in [2.24, 2.45) is 35.3 Å². The molecule has 3 N–H and O–H groups in total. The second kappa shape index (κ2) is 16.9. The van der Waals surface area contributed by atoms with Crippen molar-refractivity contribution in [2.45, 2.75) is 136 Å². The number of nitrogens with two attached hydrogens (primary N) is 1. The van der Waals surface area contributed by atoms with E-state index < -0.39 is 5.67 Å². The van der Waals surface area contributed by atoms with Crippen molar-refractivity contribution in [1.82, 2.24) is 0 Å². The van der Waals surface area contributed by atoms with Crippen LogP contribution in [0, 0.1) is 35.0 Å². The lowest BCUT2D eigenvalue weighted by Gasteiger charge is -2.31. The van der Waals surface area contributed by atoms with E-state index in [0.29, 0.717) is 29.8 Å². The third kappa shape index (κ3) is 9.45. The summed E-state index contributed by atoms with van der Waals surface area (Å²) in [5.41, 5.74) is 11.2. The SMILES string of the molecule is C=C1CC(CC(CC)CCCCCCCC(=C)C2=CC(CC(=N)c3ccccc3C(=C)N)=CCC2(C)F)C(C2CCCC2CC)C1. The molecule has 0 radical (unpaired) electrons.